The van der Waals surface area contributed by atoms with E-state index in [-0.39, 0.29) is 24.7 Å². The Morgan fingerprint density at radius 3 is 2.40 bits per heavy atom. The number of anilines is 1. The minimum atomic E-state index is -4.48. The van der Waals surface area contributed by atoms with Crippen LogP contribution in [0.5, 0.6) is 5.75 Å². The van der Waals surface area contributed by atoms with Crippen LogP contribution in [0.2, 0.25) is 0 Å². The van der Waals surface area contributed by atoms with Crippen LogP contribution in [0.15, 0.2) is 24.3 Å². The van der Waals surface area contributed by atoms with Crippen LogP contribution in [0.25, 0.3) is 0 Å². The van der Waals surface area contributed by atoms with E-state index in [0.29, 0.717) is 6.54 Å². The molecule has 0 spiro atoms. The Morgan fingerprint density at radius 2 is 1.75 bits per heavy atom. The molecule has 0 aliphatic carbocycles. The summed E-state index contributed by atoms with van der Waals surface area (Å²) in [6.45, 7) is 0.866. The number of halogens is 3. The van der Waals surface area contributed by atoms with Gasteiger partial charge in [-0.1, -0.05) is 0 Å². The predicted molar refractivity (Wildman–Crippen MR) is 64.2 cm³/mol. The van der Waals surface area contributed by atoms with Gasteiger partial charge in [0.25, 0.3) is 0 Å². The maximum atomic E-state index is 12.7. The summed E-state index contributed by atoms with van der Waals surface area (Å²) >= 11 is 0. The Bertz CT molecular complexity index is 621. The highest BCUT2D eigenvalue weighted by molar-refractivity contribution is 5.49. The fourth-order valence-electron chi connectivity index (χ4n) is 2.25. The zero-order valence-corrected chi connectivity index (χ0v) is 10.3. The minimum Gasteiger partial charge on any atom is -0.508 e. The Morgan fingerprint density at radius 1 is 1.05 bits per heavy atom. The molecule has 0 saturated heterocycles. The van der Waals surface area contributed by atoms with E-state index in [1.54, 1.807) is 12.1 Å². The molecule has 0 bridgehead atoms. The van der Waals surface area contributed by atoms with Crippen LogP contribution in [0.1, 0.15) is 11.6 Å². The van der Waals surface area contributed by atoms with Crippen molar-refractivity contribution < 1.29 is 18.3 Å². The smallest absolute Gasteiger partial charge is 0.451 e. The van der Waals surface area contributed by atoms with Crippen molar-refractivity contribution in [3.8, 4) is 5.75 Å². The van der Waals surface area contributed by atoms with Crippen molar-refractivity contribution >= 4 is 5.69 Å². The predicted octanol–water partition coefficient (Wildman–Crippen LogP) is 2.02. The van der Waals surface area contributed by atoms with Gasteiger partial charge in [-0.2, -0.15) is 13.2 Å². The highest BCUT2D eigenvalue weighted by Gasteiger charge is 2.39. The molecule has 2 aromatic rings. The zero-order chi connectivity index (χ0) is 14.3. The van der Waals surface area contributed by atoms with Crippen LogP contribution < -0.4 is 4.90 Å². The van der Waals surface area contributed by atoms with Crippen molar-refractivity contribution in [2.75, 3.05) is 11.4 Å². The summed E-state index contributed by atoms with van der Waals surface area (Å²) in [4.78, 5) is 1.89. The second-order valence-electron chi connectivity index (χ2n) is 4.53. The number of fused-ring (bicyclic) bond motifs is 1. The molecule has 3 rings (SSSR count). The summed E-state index contributed by atoms with van der Waals surface area (Å²) in [5.41, 5.74) is 0.825. The van der Waals surface area contributed by atoms with E-state index in [1.807, 2.05) is 4.90 Å². The van der Waals surface area contributed by atoms with Gasteiger partial charge < -0.3 is 14.6 Å². The molecular weight excluding hydrogens is 273 g/mol. The molecule has 0 atom stereocenters. The van der Waals surface area contributed by atoms with Gasteiger partial charge in [0.15, 0.2) is 5.82 Å². The third kappa shape index (κ3) is 2.17. The molecule has 1 aromatic heterocycles. The quantitative estimate of drug-likeness (QED) is 0.870. The lowest BCUT2D eigenvalue weighted by Crippen LogP contribution is -2.35. The van der Waals surface area contributed by atoms with Crippen LogP contribution in [-0.2, 0) is 19.3 Å². The lowest BCUT2D eigenvalue weighted by molar-refractivity contribution is -0.147. The van der Waals surface area contributed by atoms with Crippen molar-refractivity contribution in [3.63, 3.8) is 0 Å². The van der Waals surface area contributed by atoms with Crippen LogP contribution in [0.4, 0.5) is 18.9 Å². The molecule has 5 nitrogen and oxygen atoms in total. The Balaban J connectivity index is 1.86. The first-order valence-corrected chi connectivity index (χ1v) is 5.98. The number of rotatable bonds is 1. The van der Waals surface area contributed by atoms with Gasteiger partial charge in [-0.25, -0.2) is 0 Å². The van der Waals surface area contributed by atoms with Crippen molar-refractivity contribution in [2.45, 2.75) is 19.3 Å². The first-order chi connectivity index (χ1) is 9.45. The fraction of sp³-hybridized carbons (Fsp3) is 0.333. The second kappa shape index (κ2) is 4.39. The SMILES string of the molecule is Oc1ccc(N2CCn3c(nnc3C(F)(F)F)C2)cc1. The number of alkyl halides is 3. The molecule has 0 saturated carbocycles. The highest BCUT2D eigenvalue weighted by atomic mass is 19.4. The molecule has 1 aromatic carbocycles. The maximum Gasteiger partial charge on any atom is 0.451 e. The topological polar surface area (TPSA) is 54.2 Å². The maximum absolute atomic E-state index is 12.7. The van der Waals surface area contributed by atoms with Crippen molar-refractivity contribution in [1.82, 2.24) is 14.8 Å². The van der Waals surface area contributed by atoms with Gasteiger partial charge in [-0.3, -0.25) is 0 Å². The van der Waals surface area contributed by atoms with E-state index in [2.05, 4.69) is 10.2 Å². The fourth-order valence-corrected chi connectivity index (χ4v) is 2.25. The van der Waals surface area contributed by atoms with Crippen LogP contribution in [-0.4, -0.2) is 26.4 Å². The number of aromatic nitrogens is 3. The van der Waals surface area contributed by atoms with Crippen LogP contribution in [0, 0.1) is 0 Å². The summed E-state index contributed by atoms with van der Waals surface area (Å²) in [7, 11) is 0. The number of phenolic OH excluding ortho intramolecular Hbond substituents is 1. The monoisotopic (exact) mass is 284 g/mol. The molecule has 0 radical (unpaired) electrons. The van der Waals surface area contributed by atoms with E-state index in [0.717, 1.165) is 10.3 Å². The molecule has 0 fully saturated rings. The average molecular weight is 284 g/mol. The lowest BCUT2D eigenvalue weighted by Gasteiger charge is -2.29. The standard InChI is InChI=1S/C12H11F3N4O/c13-12(14,15)11-17-16-10-7-18(5-6-19(10)11)8-1-3-9(20)4-2-8/h1-4,20H,5-7H2. The number of hydrogen-bond acceptors (Lipinski definition) is 4. The summed E-state index contributed by atoms with van der Waals surface area (Å²) < 4.78 is 39.2. The Labute approximate surface area is 112 Å². The van der Waals surface area contributed by atoms with Crippen LogP contribution in [0.3, 0.4) is 0 Å². The van der Waals surface area contributed by atoms with Gasteiger partial charge >= 0.3 is 6.18 Å². The van der Waals surface area contributed by atoms with Gasteiger partial charge in [0.05, 0.1) is 6.54 Å². The third-order valence-electron chi connectivity index (χ3n) is 3.22. The van der Waals surface area contributed by atoms with Crippen molar-refractivity contribution in [1.29, 1.82) is 0 Å². The molecule has 1 aliphatic heterocycles. The number of hydrogen-bond donors (Lipinski definition) is 1. The molecule has 0 unspecified atom stereocenters. The highest BCUT2D eigenvalue weighted by Crippen LogP contribution is 2.30. The Kier molecular flexibility index (Phi) is 2.81. The van der Waals surface area contributed by atoms with E-state index in [1.165, 1.54) is 12.1 Å². The summed E-state index contributed by atoms with van der Waals surface area (Å²) in [5, 5.41) is 16.1. The van der Waals surface area contributed by atoms with Gasteiger partial charge in [0.2, 0.25) is 5.82 Å². The zero-order valence-electron chi connectivity index (χ0n) is 10.3. The summed E-state index contributed by atoms with van der Waals surface area (Å²) in [6.07, 6.45) is -4.48. The number of nitrogens with zero attached hydrogens (tertiary/aromatic N) is 4. The van der Waals surface area contributed by atoms with E-state index in [9.17, 15) is 18.3 Å². The lowest BCUT2D eigenvalue weighted by atomic mass is 10.2. The first kappa shape index (κ1) is 12.8. The average Bonchev–Trinajstić information content (AvgIpc) is 2.82. The molecule has 1 N–H and O–H groups in total. The van der Waals surface area contributed by atoms with E-state index < -0.39 is 12.0 Å². The first-order valence-electron chi connectivity index (χ1n) is 5.98. The van der Waals surface area contributed by atoms with Crippen LogP contribution >= 0.6 is 0 Å². The molecular formula is C12H11F3N4O. The largest absolute Gasteiger partial charge is 0.508 e. The van der Waals surface area contributed by atoms with Gasteiger partial charge in [0, 0.05) is 18.8 Å². The number of benzene rings is 1. The minimum absolute atomic E-state index is 0.147. The molecule has 2 heterocycles. The van der Waals surface area contributed by atoms with Gasteiger partial charge in [-0.15, -0.1) is 10.2 Å². The van der Waals surface area contributed by atoms with Crippen molar-refractivity contribution in [3.05, 3.63) is 35.9 Å². The van der Waals surface area contributed by atoms with Gasteiger partial charge in [-0.05, 0) is 24.3 Å². The van der Waals surface area contributed by atoms with E-state index in [4.69, 9.17) is 0 Å². The summed E-state index contributed by atoms with van der Waals surface area (Å²) in [6, 6.07) is 6.50. The Hall–Kier alpha value is -2.25. The third-order valence-corrected chi connectivity index (χ3v) is 3.22. The number of aromatic hydroxyl groups is 1. The van der Waals surface area contributed by atoms with Gasteiger partial charge in [0.1, 0.15) is 5.75 Å². The van der Waals surface area contributed by atoms with E-state index >= 15 is 0 Å². The molecule has 20 heavy (non-hydrogen) atoms. The number of phenols is 1. The second-order valence-corrected chi connectivity index (χ2v) is 4.53. The molecule has 0 amide bonds. The molecule has 8 heteroatoms. The normalized spacial score (nSPS) is 15.2. The van der Waals surface area contributed by atoms with Crippen molar-refractivity contribution in [2.24, 2.45) is 0 Å². The molecule has 106 valence electrons. The molecule has 1 aliphatic rings. The summed E-state index contributed by atoms with van der Waals surface area (Å²) in [5.74, 6) is -0.511.